The third-order valence-electron chi connectivity index (χ3n) is 3.76. The molecule has 29 heavy (non-hydrogen) atoms. The van der Waals surface area contributed by atoms with Gasteiger partial charge in [-0.3, -0.25) is 4.79 Å². The fourth-order valence-electron chi connectivity index (χ4n) is 2.41. The highest BCUT2D eigenvalue weighted by Crippen LogP contribution is 2.32. The lowest BCUT2D eigenvalue weighted by atomic mass is 10.2. The van der Waals surface area contributed by atoms with E-state index in [1.807, 2.05) is 0 Å². The number of fused-ring (bicyclic) bond motifs is 1. The lowest BCUT2D eigenvalue weighted by molar-refractivity contribution is -0.129. The predicted molar refractivity (Wildman–Crippen MR) is 104 cm³/mol. The van der Waals surface area contributed by atoms with Crippen LogP contribution in [0.15, 0.2) is 69.4 Å². The Morgan fingerprint density at radius 1 is 1.17 bits per heavy atom. The molecule has 3 heterocycles. The average Bonchev–Trinajstić information content (AvgIpc) is 3.21. The summed E-state index contributed by atoms with van der Waals surface area (Å²) in [5.74, 6) is 1.17. The number of esters is 1. The minimum Gasteiger partial charge on any atom is -0.464 e. The summed E-state index contributed by atoms with van der Waals surface area (Å²) < 4.78 is 20.9. The average molecular weight is 410 g/mol. The number of benzene rings is 1. The van der Waals surface area contributed by atoms with Gasteiger partial charge >= 0.3 is 5.97 Å². The molecule has 0 saturated carbocycles. The second-order valence-corrected chi connectivity index (χ2v) is 6.70. The van der Waals surface area contributed by atoms with Crippen molar-refractivity contribution in [3.05, 3.63) is 76.6 Å². The van der Waals surface area contributed by atoms with Crippen molar-refractivity contribution in [2.24, 2.45) is 0 Å². The molecule has 0 fully saturated rings. The van der Waals surface area contributed by atoms with Crippen molar-refractivity contribution in [2.75, 3.05) is 6.79 Å². The van der Waals surface area contributed by atoms with Crippen molar-refractivity contribution in [1.82, 2.24) is 9.97 Å². The summed E-state index contributed by atoms with van der Waals surface area (Å²) in [4.78, 5) is 32.3. The van der Waals surface area contributed by atoms with Gasteiger partial charge in [-0.25, -0.2) is 14.8 Å². The van der Waals surface area contributed by atoms with Crippen LogP contribution in [0.25, 0.3) is 6.08 Å². The van der Waals surface area contributed by atoms with E-state index in [0.717, 1.165) is 11.8 Å². The third kappa shape index (κ3) is 4.82. The molecule has 0 atom stereocenters. The van der Waals surface area contributed by atoms with E-state index < -0.39 is 11.4 Å². The highest BCUT2D eigenvalue weighted by atomic mass is 32.2. The first-order chi connectivity index (χ1) is 14.2. The third-order valence-corrected chi connectivity index (χ3v) is 4.65. The SMILES string of the molecule is O=C(C=Cc1ccc2c(c1)OCO2)Oc1coc(CSc2ncccn2)cc1=O. The van der Waals surface area contributed by atoms with Crippen LogP contribution in [-0.2, 0) is 10.5 Å². The molecular formula is C20H14N2O6S. The first-order valence-corrected chi connectivity index (χ1v) is 9.47. The van der Waals surface area contributed by atoms with Gasteiger partial charge in [0, 0.05) is 24.5 Å². The summed E-state index contributed by atoms with van der Waals surface area (Å²) in [6.45, 7) is 0.174. The zero-order valence-electron chi connectivity index (χ0n) is 14.9. The normalized spacial score (nSPS) is 12.3. The van der Waals surface area contributed by atoms with Crippen LogP contribution in [0, 0.1) is 0 Å². The van der Waals surface area contributed by atoms with Crippen molar-refractivity contribution in [3.8, 4) is 17.2 Å². The summed E-state index contributed by atoms with van der Waals surface area (Å²) >= 11 is 1.32. The van der Waals surface area contributed by atoms with Crippen molar-refractivity contribution in [3.63, 3.8) is 0 Å². The molecule has 0 saturated heterocycles. The number of hydrogen-bond donors (Lipinski definition) is 0. The van der Waals surface area contributed by atoms with Crippen LogP contribution in [-0.4, -0.2) is 22.7 Å². The number of ether oxygens (including phenoxy) is 3. The second-order valence-electron chi connectivity index (χ2n) is 5.76. The molecule has 2 aromatic heterocycles. The maximum Gasteiger partial charge on any atom is 0.336 e. The summed E-state index contributed by atoms with van der Waals surface area (Å²) in [7, 11) is 0. The van der Waals surface area contributed by atoms with E-state index in [1.54, 1.807) is 42.7 Å². The van der Waals surface area contributed by atoms with E-state index in [0.29, 0.717) is 28.2 Å². The van der Waals surface area contributed by atoms with E-state index in [4.69, 9.17) is 18.6 Å². The minimum atomic E-state index is -0.699. The molecule has 3 aromatic rings. The van der Waals surface area contributed by atoms with Crippen LogP contribution in [0.3, 0.4) is 0 Å². The topological polar surface area (TPSA) is 101 Å². The van der Waals surface area contributed by atoms with Gasteiger partial charge in [-0.15, -0.1) is 0 Å². The summed E-state index contributed by atoms with van der Waals surface area (Å²) in [6, 6.07) is 8.26. The molecule has 0 bridgehead atoms. The summed E-state index contributed by atoms with van der Waals surface area (Å²) in [5.41, 5.74) is 0.277. The second kappa shape index (κ2) is 8.61. The first-order valence-electron chi connectivity index (χ1n) is 8.48. The predicted octanol–water partition coefficient (Wildman–Crippen LogP) is 3.07. The van der Waals surface area contributed by atoms with Crippen LogP contribution in [0.4, 0.5) is 0 Å². The quantitative estimate of drug-likeness (QED) is 0.263. The zero-order chi connectivity index (χ0) is 20.1. The molecule has 1 aliphatic rings. The molecular weight excluding hydrogens is 396 g/mol. The van der Waals surface area contributed by atoms with Gasteiger partial charge in [-0.2, -0.15) is 0 Å². The Morgan fingerprint density at radius 2 is 2.00 bits per heavy atom. The van der Waals surface area contributed by atoms with Gasteiger partial charge < -0.3 is 18.6 Å². The first kappa shape index (κ1) is 18.8. The smallest absolute Gasteiger partial charge is 0.336 e. The molecule has 0 unspecified atom stereocenters. The van der Waals surface area contributed by atoms with Crippen LogP contribution < -0.4 is 19.6 Å². The highest BCUT2D eigenvalue weighted by molar-refractivity contribution is 7.98. The van der Waals surface area contributed by atoms with E-state index >= 15 is 0 Å². The molecule has 1 aliphatic heterocycles. The number of aromatic nitrogens is 2. The van der Waals surface area contributed by atoms with Crippen LogP contribution in [0.2, 0.25) is 0 Å². The minimum absolute atomic E-state index is 0.174. The van der Waals surface area contributed by atoms with E-state index in [1.165, 1.54) is 23.9 Å². The molecule has 146 valence electrons. The maximum atomic E-state index is 12.2. The van der Waals surface area contributed by atoms with Crippen LogP contribution in [0.5, 0.6) is 17.2 Å². The number of carbonyl (C=O) groups excluding carboxylic acids is 1. The Morgan fingerprint density at radius 3 is 2.83 bits per heavy atom. The Hall–Kier alpha value is -3.59. The number of rotatable bonds is 6. The Labute approximate surface area is 169 Å². The van der Waals surface area contributed by atoms with Gasteiger partial charge in [0.2, 0.25) is 18.0 Å². The number of nitrogens with zero attached hydrogens (tertiary/aromatic N) is 2. The van der Waals surface area contributed by atoms with Gasteiger partial charge in [0.1, 0.15) is 12.0 Å². The van der Waals surface area contributed by atoms with E-state index in [9.17, 15) is 9.59 Å². The standard InChI is InChI=1S/C20H14N2O6S/c23-15-9-14(11-29-20-21-6-1-7-22-20)25-10-18(15)28-19(24)5-3-13-2-4-16-17(8-13)27-12-26-16/h1-10H,11-12H2. The molecule has 0 spiro atoms. The molecule has 0 aliphatic carbocycles. The highest BCUT2D eigenvalue weighted by Gasteiger charge is 2.13. The van der Waals surface area contributed by atoms with Gasteiger partial charge in [-0.05, 0) is 29.8 Å². The number of thioether (sulfide) groups is 1. The summed E-state index contributed by atoms with van der Waals surface area (Å²) in [5, 5.41) is 0.569. The van der Waals surface area contributed by atoms with Crippen molar-refractivity contribution in [2.45, 2.75) is 10.9 Å². The van der Waals surface area contributed by atoms with Gasteiger partial charge in [-0.1, -0.05) is 17.8 Å². The monoisotopic (exact) mass is 410 g/mol. The molecule has 1 aromatic carbocycles. The Kier molecular flexibility index (Phi) is 5.57. The number of hydrogen-bond acceptors (Lipinski definition) is 9. The molecule has 9 heteroatoms. The number of carbonyl (C=O) groups is 1. The van der Waals surface area contributed by atoms with Gasteiger partial charge in [0.15, 0.2) is 16.7 Å². The molecule has 4 rings (SSSR count). The Balaban J connectivity index is 1.36. The zero-order valence-corrected chi connectivity index (χ0v) is 15.8. The van der Waals surface area contributed by atoms with E-state index in [-0.39, 0.29) is 12.5 Å². The molecule has 0 radical (unpaired) electrons. The molecule has 0 N–H and O–H groups in total. The van der Waals surface area contributed by atoms with Gasteiger partial charge in [0.25, 0.3) is 0 Å². The Bertz CT molecular complexity index is 1110. The van der Waals surface area contributed by atoms with Crippen LogP contribution >= 0.6 is 11.8 Å². The van der Waals surface area contributed by atoms with Crippen molar-refractivity contribution in [1.29, 1.82) is 0 Å². The fourth-order valence-corrected chi connectivity index (χ4v) is 3.10. The lowest BCUT2D eigenvalue weighted by Crippen LogP contribution is -2.12. The molecule has 0 amide bonds. The molecule has 8 nitrogen and oxygen atoms in total. The van der Waals surface area contributed by atoms with Crippen LogP contribution in [0.1, 0.15) is 11.3 Å². The van der Waals surface area contributed by atoms with Crippen molar-refractivity contribution >= 4 is 23.8 Å². The fraction of sp³-hybridized carbons (Fsp3) is 0.100. The largest absolute Gasteiger partial charge is 0.464 e. The van der Waals surface area contributed by atoms with Crippen molar-refractivity contribution < 1.29 is 23.4 Å². The lowest BCUT2D eigenvalue weighted by Gasteiger charge is -2.02. The van der Waals surface area contributed by atoms with E-state index in [2.05, 4.69) is 9.97 Å². The maximum absolute atomic E-state index is 12.2. The van der Waals surface area contributed by atoms with Gasteiger partial charge in [0.05, 0.1) is 5.75 Å². The summed E-state index contributed by atoms with van der Waals surface area (Å²) in [6.07, 6.45) is 7.15.